The molecule has 0 fully saturated rings. The Labute approximate surface area is 143 Å². The third kappa shape index (κ3) is 8.45. The summed E-state index contributed by atoms with van der Waals surface area (Å²) in [6.45, 7) is 3.54. The predicted molar refractivity (Wildman–Crippen MR) is 96.1 cm³/mol. The Hall–Kier alpha value is -0.200. The van der Waals surface area contributed by atoms with Crippen LogP contribution in [-0.2, 0) is 14.2 Å². The van der Waals surface area contributed by atoms with E-state index >= 15 is 0 Å². The van der Waals surface area contributed by atoms with Gasteiger partial charge in [0.25, 0.3) is 5.97 Å². The molecular weight excluding hydrogens is 292 g/mol. The van der Waals surface area contributed by atoms with Crippen LogP contribution < -0.4 is 11.5 Å². The van der Waals surface area contributed by atoms with Crippen molar-refractivity contribution in [3.63, 3.8) is 0 Å². The maximum Gasteiger partial charge on any atom is 0.285 e. The minimum atomic E-state index is -0.981. The van der Waals surface area contributed by atoms with E-state index in [4.69, 9.17) is 25.7 Å². The summed E-state index contributed by atoms with van der Waals surface area (Å²) >= 11 is 0. The fourth-order valence-corrected chi connectivity index (χ4v) is 3.33. The second-order valence-corrected chi connectivity index (χ2v) is 6.38. The minimum Gasteiger partial charge on any atom is -0.331 e. The minimum absolute atomic E-state index is 0.161. The van der Waals surface area contributed by atoms with Gasteiger partial charge in [0.15, 0.2) is 0 Å². The molecule has 5 nitrogen and oxygen atoms in total. The second kappa shape index (κ2) is 14.2. The lowest BCUT2D eigenvalue weighted by Crippen LogP contribution is -2.45. The average molecular weight is 333 g/mol. The molecule has 0 aliphatic carbocycles. The van der Waals surface area contributed by atoms with Crippen molar-refractivity contribution in [3.05, 3.63) is 0 Å². The molecule has 0 saturated heterocycles. The number of hydrogen-bond donors (Lipinski definition) is 2. The first kappa shape index (κ1) is 22.8. The number of rotatable bonds is 16. The lowest BCUT2D eigenvalue weighted by molar-refractivity contribution is -0.381. The molecule has 0 aromatic rings. The van der Waals surface area contributed by atoms with E-state index in [1.807, 2.05) is 0 Å². The zero-order valence-corrected chi connectivity index (χ0v) is 15.8. The van der Waals surface area contributed by atoms with Crippen LogP contribution in [0, 0.1) is 11.8 Å². The van der Waals surface area contributed by atoms with Gasteiger partial charge in [-0.1, -0.05) is 45.4 Å². The van der Waals surface area contributed by atoms with Crippen molar-refractivity contribution in [1.82, 2.24) is 0 Å². The van der Waals surface area contributed by atoms with Crippen LogP contribution >= 0.6 is 0 Å². The standard InChI is InChI=1S/C18H40N2O3/c1-5-6-7-8-9-10-11-17(14-16(15-20)12-13-19)18(21-2,22-3)23-4/h16-17H,5-15,19-20H2,1-4H3. The zero-order valence-electron chi connectivity index (χ0n) is 15.8. The number of nitrogens with two attached hydrogens (primary N) is 2. The third-order valence-corrected chi connectivity index (χ3v) is 4.79. The monoisotopic (exact) mass is 332 g/mol. The fraction of sp³-hybridized carbons (Fsp3) is 1.00. The van der Waals surface area contributed by atoms with Gasteiger partial charge in [-0.05, 0) is 38.3 Å². The quantitative estimate of drug-likeness (QED) is 0.335. The maximum absolute atomic E-state index is 5.91. The van der Waals surface area contributed by atoms with Crippen LogP contribution in [0.1, 0.15) is 64.7 Å². The van der Waals surface area contributed by atoms with Gasteiger partial charge in [0.05, 0.1) is 0 Å². The van der Waals surface area contributed by atoms with E-state index in [-0.39, 0.29) is 5.92 Å². The van der Waals surface area contributed by atoms with Crippen molar-refractivity contribution >= 4 is 0 Å². The summed E-state index contributed by atoms with van der Waals surface area (Å²) in [4.78, 5) is 0. The molecule has 0 aliphatic rings. The van der Waals surface area contributed by atoms with Crippen LogP contribution in [0.25, 0.3) is 0 Å². The van der Waals surface area contributed by atoms with Crippen molar-refractivity contribution in [2.24, 2.45) is 23.3 Å². The Morgan fingerprint density at radius 1 is 0.826 bits per heavy atom. The van der Waals surface area contributed by atoms with Crippen LogP contribution in [0.5, 0.6) is 0 Å². The highest BCUT2D eigenvalue weighted by Gasteiger charge is 2.40. The highest BCUT2D eigenvalue weighted by molar-refractivity contribution is 4.76. The summed E-state index contributed by atoms with van der Waals surface area (Å²) in [6, 6.07) is 0. The Bertz CT molecular complexity index is 252. The molecule has 0 aliphatic heterocycles. The highest BCUT2D eigenvalue weighted by atomic mass is 16.9. The second-order valence-electron chi connectivity index (χ2n) is 6.38. The number of unbranched alkanes of at least 4 members (excludes halogenated alkanes) is 5. The Morgan fingerprint density at radius 3 is 1.87 bits per heavy atom. The highest BCUT2D eigenvalue weighted by Crippen LogP contribution is 2.34. The molecule has 0 aromatic heterocycles. The van der Waals surface area contributed by atoms with E-state index in [1.165, 1.54) is 32.1 Å². The largest absolute Gasteiger partial charge is 0.331 e. The number of methoxy groups -OCH3 is 3. The van der Waals surface area contributed by atoms with Crippen LogP contribution in [0.2, 0.25) is 0 Å². The van der Waals surface area contributed by atoms with E-state index in [2.05, 4.69) is 6.92 Å². The van der Waals surface area contributed by atoms with Crippen LogP contribution in [0.4, 0.5) is 0 Å². The Morgan fingerprint density at radius 2 is 1.39 bits per heavy atom. The van der Waals surface area contributed by atoms with Gasteiger partial charge < -0.3 is 25.7 Å². The van der Waals surface area contributed by atoms with E-state index in [0.29, 0.717) is 19.0 Å². The molecule has 0 saturated carbocycles. The smallest absolute Gasteiger partial charge is 0.285 e. The van der Waals surface area contributed by atoms with E-state index in [9.17, 15) is 0 Å². The van der Waals surface area contributed by atoms with Gasteiger partial charge in [0.2, 0.25) is 0 Å². The number of ether oxygens (including phenoxy) is 3. The molecule has 23 heavy (non-hydrogen) atoms. The molecule has 0 bridgehead atoms. The topological polar surface area (TPSA) is 79.7 Å². The Kier molecular flexibility index (Phi) is 14.0. The molecule has 4 N–H and O–H groups in total. The molecule has 0 heterocycles. The first-order valence-corrected chi connectivity index (χ1v) is 9.19. The molecular formula is C18H40N2O3. The van der Waals surface area contributed by atoms with E-state index in [0.717, 1.165) is 25.7 Å². The number of hydrogen-bond acceptors (Lipinski definition) is 5. The van der Waals surface area contributed by atoms with Gasteiger partial charge in [-0.15, -0.1) is 0 Å². The summed E-state index contributed by atoms with van der Waals surface area (Å²) in [7, 11) is 4.92. The lowest BCUT2D eigenvalue weighted by atomic mass is 9.86. The average Bonchev–Trinajstić information content (AvgIpc) is 2.58. The zero-order chi connectivity index (χ0) is 17.6. The summed E-state index contributed by atoms with van der Waals surface area (Å²) < 4.78 is 16.8. The predicted octanol–water partition coefficient (Wildman–Crippen LogP) is 3.26. The molecule has 2 atom stereocenters. The summed E-state index contributed by atoms with van der Waals surface area (Å²) in [5, 5.41) is 0. The van der Waals surface area contributed by atoms with Crippen molar-refractivity contribution < 1.29 is 14.2 Å². The third-order valence-electron chi connectivity index (χ3n) is 4.79. The van der Waals surface area contributed by atoms with Gasteiger partial charge in [0.1, 0.15) is 0 Å². The Balaban J connectivity index is 4.65. The normalized spacial score (nSPS) is 14.9. The van der Waals surface area contributed by atoms with E-state index in [1.54, 1.807) is 21.3 Å². The SMILES string of the molecule is CCCCCCCCC(CC(CN)CCN)C(OC)(OC)OC. The summed E-state index contributed by atoms with van der Waals surface area (Å²) in [5.74, 6) is -0.440. The molecule has 0 spiro atoms. The van der Waals surface area contributed by atoms with Crippen LogP contribution in [0.15, 0.2) is 0 Å². The maximum atomic E-state index is 5.91. The molecule has 0 radical (unpaired) electrons. The lowest BCUT2D eigenvalue weighted by Gasteiger charge is -2.38. The van der Waals surface area contributed by atoms with Crippen molar-refractivity contribution in [2.45, 2.75) is 70.7 Å². The summed E-state index contributed by atoms with van der Waals surface area (Å²) in [5.41, 5.74) is 11.6. The van der Waals surface area contributed by atoms with Gasteiger partial charge in [-0.2, -0.15) is 0 Å². The molecule has 2 unspecified atom stereocenters. The first-order valence-electron chi connectivity index (χ1n) is 9.19. The van der Waals surface area contributed by atoms with Crippen molar-refractivity contribution in [1.29, 1.82) is 0 Å². The molecule has 140 valence electrons. The molecule has 5 heteroatoms. The van der Waals surface area contributed by atoms with Crippen LogP contribution in [-0.4, -0.2) is 40.4 Å². The summed E-state index contributed by atoms with van der Waals surface area (Å²) in [6.07, 6.45) is 10.5. The van der Waals surface area contributed by atoms with Crippen molar-refractivity contribution in [3.8, 4) is 0 Å². The first-order chi connectivity index (χ1) is 11.1. The van der Waals surface area contributed by atoms with Gasteiger partial charge in [0, 0.05) is 27.2 Å². The van der Waals surface area contributed by atoms with Crippen molar-refractivity contribution in [2.75, 3.05) is 34.4 Å². The van der Waals surface area contributed by atoms with Crippen LogP contribution in [0.3, 0.4) is 0 Å². The van der Waals surface area contributed by atoms with Gasteiger partial charge in [-0.25, -0.2) is 0 Å². The molecule has 0 rings (SSSR count). The van der Waals surface area contributed by atoms with Gasteiger partial charge in [-0.3, -0.25) is 0 Å². The fourth-order valence-electron chi connectivity index (χ4n) is 3.33. The van der Waals surface area contributed by atoms with Gasteiger partial charge >= 0.3 is 0 Å². The molecule has 0 amide bonds. The van der Waals surface area contributed by atoms with E-state index < -0.39 is 5.97 Å². The molecule has 0 aromatic carbocycles.